The van der Waals surface area contributed by atoms with E-state index in [4.69, 9.17) is 18.9 Å². The Morgan fingerprint density at radius 2 is 0.800 bits per heavy atom. The summed E-state index contributed by atoms with van der Waals surface area (Å²) in [4.78, 5) is 50.0. The first kappa shape index (κ1) is 27.8. The quantitative estimate of drug-likeness (QED) is 0.149. The molecule has 8 nitrogen and oxygen atoms in total. The monoisotopic (exact) mass is 538 g/mol. The summed E-state index contributed by atoms with van der Waals surface area (Å²) >= 11 is 0. The fourth-order valence-electron chi connectivity index (χ4n) is 3.77. The van der Waals surface area contributed by atoms with Crippen molar-refractivity contribution in [3.63, 3.8) is 0 Å². The van der Waals surface area contributed by atoms with Crippen LogP contribution in [0, 0.1) is 0 Å². The van der Waals surface area contributed by atoms with Crippen LogP contribution in [0.25, 0.3) is 0 Å². The topological polar surface area (TPSA) is 105 Å². The van der Waals surface area contributed by atoms with Crippen LogP contribution in [-0.2, 0) is 31.9 Å². The predicted octanol–water partition coefficient (Wildman–Crippen LogP) is 5.00. The van der Waals surface area contributed by atoms with Crippen LogP contribution in [0.1, 0.15) is 31.8 Å². The Hall–Kier alpha value is -5.24. The maximum atomic E-state index is 12.6. The van der Waals surface area contributed by atoms with Crippen molar-refractivity contribution >= 4 is 23.9 Å². The fraction of sp³-hybridized carbons (Fsp3) is 0.125. The molecule has 0 saturated heterocycles. The van der Waals surface area contributed by atoms with E-state index in [9.17, 15) is 19.2 Å². The number of para-hydroxylation sites is 2. The summed E-state index contributed by atoms with van der Waals surface area (Å²) in [5.41, 5.74) is 1.40. The van der Waals surface area contributed by atoms with E-state index < -0.39 is 23.9 Å². The molecule has 202 valence electrons. The van der Waals surface area contributed by atoms with Gasteiger partial charge in [0.15, 0.2) is 0 Å². The zero-order valence-corrected chi connectivity index (χ0v) is 21.5. The van der Waals surface area contributed by atoms with Crippen LogP contribution in [0.15, 0.2) is 109 Å². The second-order valence-corrected chi connectivity index (χ2v) is 8.51. The summed E-state index contributed by atoms with van der Waals surface area (Å²) in [6.45, 7) is -0.336. The minimum atomic E-state index is -0.593. The Kier molecular flexibility index (Phi) is 9.77. The highest BCUT2D eigenvalue weighted by Gasteiger charge is 2.18. The number of hydrogen-bond donors (Lipinski definition) is 0. The van der Waals surface area contributed by atoms with Gasteiger partial charge in [-0.2, -0.15) is 0 Å². The zero-order valence-electron chi connectivity index (χ0n) is 21.5. The van der Waals surface area contributed by atoms with E-state index >= 15 is 0 Å². The van der Waals surface area contributed by atoms with Gasteiger partial charge in [0, 0.05) is 0 Å². The highest BCUT2D eigenvalue weighted by atomic mass is 16.6. The van der Waals surface area contributed by atoms with Gasteiger partial charge in [0.1, 0.15) is 24.7 Å². The van der Waals surface area contributed by atoms with Crippen molar-refractivity contribution in [3.05, 3.63) is 131 Å². The average Bonchev–Trinajstić information content (AvgIpc) is 2.97. The van der Waals surface area contributed by atoms with Gasteiger partial charge in [-0.1, -0.05) is 72.8 Å². The van der Waals surface area contributed by atoms with E-state index in [1.165, 1.54) is 0 Å². The highest BCUT2D eigenvalue weighted by Crippen LogP contribution is 2.17. The molecule has 0 spiro atoms. The number of rotatable bonds is 11. The molecule has 0 aliphatic heterocycles. The van der Waals surface area contributed by atoms with Gasteiger partial charge < -0.3 is 18.9 Å². The molecule has 0 atom stereocenters. The lowest BCUT2D eigenvalue weighted by atomic mass is 10.0. The molecule has 4 aromatic carbocycles. The van der Waals surface area contributed by atoms with E-state index in [0.717, 1.165) is 0 Å². The Morgan fingerprint density at radius 1 is 0.450 bits per heavy atom. The molecule has 0 saturated carbocycles. The molecule has 0 N–H and O–H groups in total. The second-order valence-electron chi connectivity index (χ2n) is 8.51. The molecule has 40 heavy (non-hydrogen) atoms. The van der Waals surface area contributed by atoms with Crippen molar-refractivity contribution < 1.29 is 38.1 Å². The van der Waals surface area contributed by atoms with E-state index in [1.54, 1.807) is 109 Å². The predicted molar refractivity (Wildman–Crippen MR) is 145 cm³/mol. The van der Waals surface area contributed by atoms with Crippen molar-refractivity contribution in [3.8, 4) is 11.5 Å². The molecule has 8 heteroatoms. The Balaban J connectivity index is 1.24. The number of benzene rings is 4. The van der Waals surface area contributed by atoms with Crippen LogP contribution < -0.4 is 9.47 Å². The van der Waals surface area contributed by atoms with E-state index in [1.807, 2.05) is 0 Å². The SMILES string of the molecule is O=C(Cc1ccccc1C(=O)Oc1ccccc1)OCCOC(=O)Cc1ccccc1C(=O)Oc1ccccc1. The zero-order chi connectivity index (χ0) is 28.2. The van der Waals surface area contributed by atoms with Crippen molar-refractivity contribution in [1.82, 2.24) is 0 Å². The van der Waals surface area contributed by atoms with Crippen LogP contribution in [0.5, 0.6) is 11.5 Å². The van der Waals surface area contributed by atoms with Gasteiger partial charge in [0.2, 0.25) is 0 Å². The molecule has 0 aliphatic carbocycles. The first-order valence-corrected chi connectivity index (χ1v) is 12.5. The molecular weight excluding hydrogens is 512 g/mol. The minimum absolute atomic E-state index is 0.162. The summed E-state index contributed by atoms with van der Waals surface area (Å²) in [6.07, 6.45) is -0.324. The van der Waals surface area contributed by atoms with Crippen molar-refractivity contribution in [2.75, 3.05) is 13.2 Å². The number of ether oxygens (including phenoxy) is 4. The summed E-state index contributed by atoms with van der Waals surface area (Å²) < 4.78 is 21.1. The Labute approximate surface area is 231 Å². The molecule has 0 heterocycles. The van der Waals surface area contributed by atoms with Gasteiger partial charge in [-0.15, -0.1) is 0 Å². The van der Waals surface area contributed by atoms with Crippen LogP contribution in [-0.4, -0.2) is 37.1 Å². The van der Waals surface area contributed by atoms with Gasteiger partial charge in [-0.05, 0) is 47.5 Å². The van der Waals surface area contributed by atoms with Gasteiger partial charge in [0.05, 0.1) is 24.0 Å². The largest absolute Gasteiger partial charge is 0.462 e. The van der Waals surface area contributed by atoms with Gasteiger partial charge in [-0.25, -0.2) is 9.59 Å². The van der Waals surface area contributed by atoms with E-state index in [0.29, 0.717) is 22.6 Å². The van der Waals surface area contributed by atoms with Crippen LogP contribution in [0.2, 0.25) is 0 Å². The first-order chi connectivity index (χ1) is 19.5. The molecular formula is C32H26O8. The summed E-state index contributed by atoms with van der Waals surface area (Å²) in [7, 11) is 0. The third-order valence-electron chi connectivity index (χ3n) is 5.66. The lowest BCUT2D eigenvalue weighted by molar-refractivity contribution is -0.151. The molecule has 4 aromatic rings. The Morgan fingerprint density at radius 3 is 1.20 bits per heavy atom. The maximum absolute atomic E-state index is 12.6. The summed E-state index contributed by atoms with van der Waals surface area (Å²) in [6, 6.07) is 30.4. The standard InChI is InChI=1S/C32H26O8/c33-29(21-23-11-7-9-17-27(23)31(35)39-25-13-3-1-4-14-25)37-19-20-38-30(34)22-24-12-8-10-18-28(24)32(36)40-26-15-5-2-6-16-26/h1-18H,19-22H2. The van der Waals surface area contributed by atoms with Crippen LogP contribution in [0.3, 0.4) is 0 Å². The van der Waals surface area contributed by atoms with Gasteiger partial charge >= 0.3 is 23.9 Å². The second kappa shape index (κ2) is 14.1. The first-order valence-electron chi connectivity index (χ1n) is 12.5. The van der Waals surface area contributed by atoms with Crippen LogP contribution in [0.4, 0.5) is 0 Å². The molecule has 0 unspecified atom stereocenters. The molecule has 0 radical (unpaired) electrons. The van der Waals surface area contributed by atoms with Crippen molar-refractivity contribution in [2.45, 2.75) is 12.8 Å². The van der Waals surface area contributed by atoms with Crippen molar-refractivity contribution in [2.24, 2.45) is 0 Å². The maximum Gasteiger partial charge on any atom is 0.343 e. The molecule has 4 rings (SSSR count). The fourth-order valence-corrected chi connectivity index (χ4v) is 3.77. The lowest BCUT2D eigenvalue weighted by Gasteiger charge is -2.11. The highest BCUT2D eigenvalue weighted by molar-refractivity contribution is 5.94. The van der Waals surface area contributed by atoms with Crippen molar-refractivity contribution in [1.29, 1.82) is 0 Å². The third kappa shape index (κ3) is 8.13. The number of carbonyl (C=O) groups is 4. The van der Waals surface area contributed by atoms with Gasteiger partial charge in [0.25, 0.3) is 0 Å². The molecule has 0 bridgehead atoms. The summed E-state index contributed by atoms with van der Waals surface area (Å²) in [5, 5.41) is 0. The summed E-state index contributed by atoms with van der Waals surface area (Å²) in [5.74, 6) is -1.58. The number of esters is 4. The minimum Gasteiger partial charge on any atom is -0.462 e. The number of hydrogen-bond acceptors (Lipinski definition) is 8. The lowest BCUT2D eigenvalue weighted by Crippen LogP contribution is -2.19. The van der Waals surface area contributed by atoms with Gasteiger partial charge in [-0.3, -0.25) is 9.59 Å². The Bertz CT molecular complexity index is 1350. The van der Waals surface area contributed by atoms with E-state index in [-0.39, 0.29) is 37.2 Å². The molecule has 0 aromatic heterocycles. The average molecular weight is 539 g/mol. The normalized spacial score (nSPS) is 10.3. The van der Waals surface area contributed by atoms with E-state index in [2.05, 4.69) is 0 Å². The number of carbonyl (C=O) groups excluding carboxylic acids is 4. The third-order valence-corrected chi connectivity index (χ3v) is 5.66. The molecule has 0 amide bonds. The van der Waals surface area contributed by atoms with Crippen LogP contribution >= 0.6 is 0 Å². The smallest absolute Gasteiger partial charge is 0.343 e. The molecule has 0 fully saturated rings. The molecule has 0 aliphatic rings.